The van der Waals surface area contributed by atoms with E-state index in [0.29, 0.717) is 12.1 Å². The van der Waals surface area contributed by atoms with Gasteiger partial charge in [0.2, 0.25) is 0 Å². The fraction of sp³-hybridized carbons (Fsp3) is 0.308. The van der Waals surface area contributed by atoms with Gasteiger partial charge in [-0.25, -0.2) is 8.78 Å². The van der Waals surface area contributed by atoms with E-state index in [1.807, 2.05) is 0 Å². The average molecular weight is 355 g/mol. The Bertz CT molecular complexity index is 651. The van der Waals surface area contributed by atoms with Crippen molar-refractivity contribution in [2.24, 2.45) is 0 Å². The predicted molar refractivity (Wildman–Crippen MR) is 74.6 cm³/mol. The van der Waals surface area contributed by atoms with Gasteiger partial charge in [0.1, 0.15) is 0 Å². The second-order valence-electron chi connectivity index (χ2n) is 4.91. The second kappa shape index (κ2) is 6.85. The van der Waals surface area contributed by atoms with E-state index in [-0.39, 0.29) is 11.3 Å². The van der Waals surface area contributed by atoms with Gasteiger partial charge in [0, 0.05) is 16.8 Å². The van der Waals surface area contributed by atoms with Crippen LogP contribution in [0.4, 0.5) is 32.0 Å². The Morgan fingerprint density at radius 1 is 1.25 bits per heavy atom. The smallest absolute Gasteiger partial charge is 0.423 e. The lowest BCUT2D eigenvalue weighted by molar-refractivity contribution is -0.270. The number of rotatable bonds is 6. The zero-order valence-electron chi connectivity index (χ0n) is 12.2. The molecule has 0 aliphatic heterocycles. The maximum absolute atomic E-state index is 13.8. The Labute approximate surface area is 132 Å². The molecule has 0 saturated heterocycles. The highest BCUT2D eigenvalue weighted by molar-refractivity contribution is 6.59. The highest BCUT2D eigenvalue weighted by Gasteiger charge is 2.64. The minimum atomic E-state index is -5.74. The molecule has 1 aromatic carbocycles. The lowest BCUT2D eigenvalue weighted by Gasteiger charge is -2.28. The molecule has 11 heteroatoms. The first kappa shape index (κ1) is 20.0. The lowest BCUT2D eigenvalue weighted by Crippen LogP contribution is -2.49. The molecule has 132 valence electrons. The summed E-state index contributed by atoms with van der Waals surface area (Å²) in [4.78, 5) is 11.4. The van der Waals surface area contributed by atoms with Crippen LogP contribution in [-0.2, 0) is 10.7 Å². The van der Waals surface area contributed by atoms with Gasteiger partial charge in [0.15, 0.2) is 0 Å². The molecule has 0 aliphatic rings. The maximum Gasteiger partial charge on any atom is 0.489 e. The van der Waals surface area contributed by atoms with E-state index in [1.165, 1.54) is 6.92 Å². The predicted octanol–water partition coefficient (Wildman–Crippen LogP) is 1.87. The Morgan fingerprint density at radius 3 is 2.21 bits per heavy atom. The van der Waals surface area contributed by atoms with Crippen molar-refractivity contribution >= 4 is 24.2 Å². The van der Waals surface area contributed by atoms with Crippen LogP contribution in [0.15, 0.2) is 30.4 Å². The molecule has 0 saturated carbocycles. The zero-order valence-corrected chi connectivity index (χ0v) is 12.2. The highest BCUT2D eigenvalue weighted by Crippen LogP contribution is 2.46. The third kappa shape index (κ3) is 3.73. The molecule has 0 aromatic heterocycles. The lowest BCUT2D eigenvalue weighted by atomic mass is 9.74. The van der Waals surface area contributed by atoms with Crippen LogP contribution in [0.2, 0.25) is 0 Å². The van der Waals surface area contributed by atoms with Crippen LogP contribution in [0.3, 0.4) is 0 Å². The van der Waals surface area contributed by atoms with E-state index < -0.39 is 42.3 Å². The van der Waals surface area contributed by atoms with Crippen LogP contribution in [0.5, 0.6) is 0 Å². The van der Waals surface area contributed by atoms with Gasteiger partial charge in [-0.05, 0) is 24.5 Å². The third-order valence-electron chi connectivity index (χ3n) is 3.01. The molecule has 24 heavy (non-hydrogen) atoms. The van der Waals surface area contributed by atoms with Crippen molar-refractivity contribution in [1.29, 1.82) is 0 Å². The van der Waals surface area contributed by atoms with Gasteiger partial charge in [-0.2, -0.15) is 17.6 Å². The standard InChI is InChI=1S/C13H12BF6NO3/c1-6(2)10(22)21-7-3-4-8(9(5-7)14(23)24)12(17,18)13(19,20)11(15)16/h3-5,11,23-24H,1H2,2H3,(H,21,22). The number of anilines is 1. The Hall–Kier alpha value is -2.01. The monoisotopic (exact) mass is 355 g/mol. The summed E-state index contributed by atoms with van der Waals surface area (Å²) < 4.78 is 78.3. The third-order valence-corrected chi connectivity index (χ3v) is 3.01. The first-order valence-corrected chi connectivity index (χ1v) is 6.33. The van der Waals surface area contributed by atoms with Crippen LogP contribution >= 0.6 is 0 Å². The van der Waals surface area contributed by atoms with Crippen LogP contribution in [0.25, 0.3) is 0 Å². The molecule has 0 fully saturated rings. The van der Waals surface area contributed by atoms with Crippen molar-refractivity contribution in [3.8, 4) is 0 Å². The van der Waals surface area contributed by atoms with Crippen molar-refractivity contribution < 1.29 is 41.2 Å². The molecule has 1 amide bonds. The normalized spacial score (nSPS) is 12.2. The van der Waals surface area contributed by atoms with E-state index in [9.17, 15) is 31.1 Å². The SMILES string of the molecule is C=C(C)C(=O)Nc1ccc(C(F)(F)C(F)(F)C(F)F)c(B(O)O)c1. The van der Waals surface area contributed by atoms with Gasteiger partial charge in [-0.3, -0.25) is 4.79 Å². The van der Waals surface area contributed by atoms with Gasteiger partial charge in [0.05, 0.1) is 0 Å². The van der Waals surface area contributed by atoms with E-state index >= 15 is 0 Å². The van der Waals surface area contributed by atoms with Gasteiger partial charge < -0.3 is 15.4 Å². The molecular weight excluding hydrogens is 343 g/mol. The van der Waals surface area contributed by atoms with E-state index in [1.54, 1.807) is 0 Å². The first-order valence-electron chi connectivity index (χ1n) is 6.33. The molecule has 0 atom stereocenters. The summed E-state index contributed by atoms with van der Waals surface area (Å²) in [6, 6.07) is 1.60. The summed E-state index contributed by atoms with van der Waals surface area (Å²) in [5.41, 5.74) is -3.07. The molecule has 0 heterocycles. The number of hydrogen-bond donors (Lipinski definition) is 3. The number of carbonyl (C=O) groups excluding carboxylic acids is 1. The molecule has 1 aromatic rings. The second-order valence-corrected chi connectivity index (χ2v) is 4.91. The first-order chi connectivity index (χ1) is 10.8. The Kier molecular flexibility index (Phi) is 5.72. The van der Waals surface area contributed by atoms with Gasteiger partial charge in [0.25, 0.3) is 5.91 Å². The Morgan fingerprint density at radius 2 is 1.79 bits per heavy atom. The molecule has 0 radical (unpaired) electrons. The molecule has 4 nitrogen and oxygen atoms in total. The molecule has 0 unspecified atom stereocenters. The van der Waals surface area contributed by atoms with Crippen LogP contribution in [-0.4, -0.2) is 35.4 Å². The van der Waals surface area contributed by atoms with Crippen molar-refractivity contribution in [2.75, 3.05) is 5.32 Å². The topological polar surface area (TPSA) is 69.6 Å². The number of alkyl halides is 6. The number of hydrogen-bond acceptors (Lipinski definition) is 3. The average Bonchev–Trinajstić information content (AvgIpc) is 2.46. The quantitative estimate of drug-likeness (QED) is 0.415. The summed E-state index contributed by atoms with van der Waals surface area (Å²) in [5.74, 6) is -11.9. The number of halogens is 6. The van der Waals surface area contributed by atoms with Crippen molar-refractivity contribution in [1.82, 2.24) is 0 Å². The summed E-state index contributed by atoms with van der Waals surface area (Å²) in [5, 5.41) is 20.3. The van der Waals surface area contributed by atoms with Crippen LogP contribution < -0.4 is 10.8 Å². The number of carbonyl (C=O) groups is 1. The fourth-order valence-electron chi connectivity index (χ4n) is 1.69. The van der Waals surface area contributed by atoms with Crippen molar-refractivity contribution in [3.05, 3.63) is 35.9 Å². The van der Waals surface area contributed by atoms with Crippen molar-refractivity contribution in [2.45, 2.75) is 25.2 Å². The summed E-state index contributed by atoms with van der Waals surface area (Å²) in [7, 11) is -2.67. The maximum atomic E-state index is 13.8. The largest absolute Gasteiger partial charge is 0.489 e. The Balaban J connectivity index is 3.40. The zero-order chi connectivity index (χ0) is 18.9. The number of amides is 1. The number of benzene rings is 1. The minimum absolute atomic E-state index is 0.0275. The van der Waals surface area contributed by atoms with E-state index in [0.717, 1.165) is 6.07 Å². The molecule has 0 spiro atoms. The summed E-state index contributed by atoms with van der Waals surface area (Å²) in [6.07, 6.45) is -4.68. The van der Waals surface area contributed by atoms with Gasteiger partial charge >= 0.3 is 25.4 Å². The van der Waals surface area contributed by atoms with Gasteiger partial charge in [-0.1, -0.05) is 12.6 Å². The molecule has 0 aliphatic carbocycles. The summed E-state index contributed by atoms with van der Waals surface area (Å²) in [6.45, 7) is 4.63. The molecule has 0 bridgehead atoms. The fourth-order valence-corrected chi connectivity index (χ4v) is 1.69. The molecule has 1 rings (SSSR count). The van der Waals surface area contributed by atoms with E-state index in [4.69, 9.17) is 10.0 Å². The number of nitrogens with one attached hydrogen (secondary N) is 1. The van der Waals surface area contributed by atoms with Crippen LogP contribution in [0.1, 0.15) is 12.5 Å². The minimum Gasteiger partial charge on any atom is -0.423 e. The molecule has 3 N–H and O–H groups in total. The summed E-state index contributed by atoms with van der Waals surface area (Å²) >= 11 is 0. The van der Waals surface area contributed by atoms with E-state index in [2.05, 4.69) is 11.9 Å². The van der Waals surface area contributed by atoms with Crippen LogP contribution in [0, 0.1) is 0 Å². The molecular formula is C13H12BF6NO3. The van der Waals surface area contributed by atoms with Gasteiger partial charge in [-0.15, -0.1) is 0 Å². The van der Waals surface area contributed by atoms with Crippen molar-refractivity contribution in [3.63, 3.8) is 0 Å². The highest BCUT2D eigenvalue weighted by atomic mass is 19.3.